The summed E-state index contributed by atoms with van der Waals surface area (Å²) in [5.41, 5.74) is 6.61. The molecule has 2 aromatic rings. The lowest BCUT2D eigenvalue weighted by Crippen LogP contribution is -2.23. The highest BCUT2D eigenvalue weighted by molar-refractivity contribution is 8.06. The molecule has 0 spiro atoms. The van der Waals surface area contributed by atoms with Crippen LogP contribution in [0.4, 0.5) is 11.6 Å². The zero-order chi connectivity index (χ0) is 12.4. The van der Waals surface area contributed by atoms with Gasteiger partial charge in [0.25, 0.3) is 0 Å². The Labute approximate surface area is 114 Å². The predicted octanol–water partition coefficient (Wildman–Crippen LogP) is 1.57. The van der Waals surface area contributed by atoms with E-state index in [4.69, 9.17) is 5.73 Å². The Kier molecular flexibility index (Phi) is 3.51. The number of imidazole rings is 1. The van der Waals surface area contributed by atoms with Gasteiger partial charge < -0.3 is 15.5 Å². The minimum atomic E-state index is 0.508. The third-order valence-corrected chi connectivity index (χ3v) is 5.62. The number of rotatable bonds is 3. The number of anilines is 2. The summed E-state index contributed by atoms with van der Waals surface area (Å²) in [6.07, 6.45) is 5.41. The maximum absolute atomic E-state index is 5.78. The van der Waals surface area contributed by atoms with E-state index in [0.29, 0.717) is 11.1 Å². The number of nitrogens with two attached hydrogens (primary N) is 1. The molecule has 7 heteroatoms. The van der Waals surface area contributed by atoms with Gasteiger partial charge in [-0.05, 0) is 0 Å². The van der Waals surface area contributed by atoms with Crippen LogP contribution in [0.15, 0.2) is 18.6 Å². The van der Waals surface area contributed by atoms with Crippen molar-refractivity contribution in [1.29, 1.82) is 0 Å². The van der Waals surface area contributed by atoms with Crippen LogP contribution in [-0.4, -0.2) is 43.4 Å². The molecule has 0 saturated carbocycles. The summed E-state index contributed by atoms with van der Waals surface area (Å²) in [6, 6.07) is 0. The van der Waals surface area contributed by atoms with Gasteiger partial charge in [0.2, 0.25) is 0 Å². The Morgan fingerprint density at radius 2 is 2.44 bits per heavy atom. The van der Waals surface area contributed by atoms with Crippen LogP contribution in [0.1, 0.15) is 0 Å². The molecule has 3 heterocycles. The van der Waals surface area contributed by atoms with Gasteiger partial charge in [-0.25, -0.2) is 9.97 Å². The van der Waals surface area contributed by atoms with E-state index in [1.165, 1.54) is 17.3 Å². The van der Waals surface area contributed by atoms with E-state index >= 15 is 0 Å². The van der Waals surface area contributed by atoms with Crippen molar-refractivity contribution in [2.45, 2.75) is 5.25 Å². The van der Waals surface area contributed by atoms with E-state index in [1.807, 2.05) is 34.1 Å². The number of thioether (sulfide) groups is 2. The summed E-state index contributed by atoms with van der Waals surface area (Å²) in [6.45, 7) is 0.913. The Hall–Kier alpha value is -1.08. The smallest absolute Gasteiger partial charge is 0.180 e. The van der Waals surface area contributed by atoms with Gasteiger partial charge in [-0.15, -0.1) is 0 Å². The number of fused-ring (bicyclic) bond motifs is 1. The van der Waals surface area contributed by atoms with Gasteiger partial charge in [-0.3, -0.25) is 0 Å². The van der Waals surface area contributed by atoms with E-state index in [2.05, 4.69) is 15.3 Å². The fourth-order valence-electron chi connectivity index (χ4n) is 1.93. The summed E-state index contributed by atoms with van der Waals surface area (Å²) in [7, 11) is 0. The van der Waals surface area contributed by atoms with Crippen molar-refractivity contribution in [1.82, 2.24) is 14.4 Å². The average Bonchev–Trinajstić information content (AvgIpc) is 2.85. The molecule has 5 nitrogen and oxygen atoms in total. The lowest BCUT2D eigenvalue weighted by molar-refractivity contribution is 0.988. The van der Waals surface area contributed by atoms with Crippen molar-refractivity contribution < 1.29 is 0 Å². The van der Waals surface area contributed by atoms with Crippen molar-refractivity contribution in [3.63, 3.8) is 0 Å². The van der Waals surface area contributed by atoms with Crippen molar-refractivity contribution in [2.75, 3.05) is 34.9 Å². The first-order valence-electron chi connectivity index (χ1n) is 5.85. The molecule has 0 aromatic carbocycles. The van der Waals surface area contributed by atoms with Gasteiger partial charge in [0.15, 0.2) is 11.5 Å². The van der Waals surface area contributed by atoms with Crippen LogP contribution in [0.25, 0.3) is 5.65 Å². The molecule has 1 unspecified atom stereocenters. The normalized spacial score (nSPS) is 20.1. The molecule has 96 valence electrons. The fraction of sp³-hybridized carbons (Fsp3) is 0.455. The summed E-state index contributed by atoms with van der Waals surface area (Å²) in [5.74, 6) is 4.98. The Balaban J connectivity index is 1.75. The third kappa shape index (κ3) is 2.51. The molecular formula is C11H15N5S2. The van der Waals surface area contributed by atoms with Crippen molar-refractivity contribution in [3.05, 3.63) is 18.6 Å². The SMILES string of the molecule is Nc1cn2ccnc2c(NCC2CSCCS2)n1. The molecule has 3 N–H and O–H groups in total. The Bertz CT molecular complexity index is 535. The van der Waals surface area contributed by atoms with E-state index in [-0.39, 0.29) is 0 Å². The van der Waals surface area contributed by atoms with Crippen molar-refractivity contribution in [3.8, 4) is 0 Å². The molecule has 0 amide bonds. The van der Waals surface area contributed by atoms with Crippen LogP contribution in [-0.2, 0) is 0 Å². The lowest BCUT2D eigenvalue weighted by atomic mass is 10.4. The van der Waals surface area contributed by atoms with Crippen LogP contribution >= 0.6 is 23.5 Å². The molecule has 0 radical (unpaired) electrons. The quantitative estimate of drug-likeness (QED) is 0.890. The largest absolute Gasteiger partial charge is 0.382 e. The number of hydrogen-bond donors (Lipinski definition) is 2. The van der Waals surface area contributed by atoms with Crippen LogP contribution in [0.2, 0.25) is 0 Å². The first kappa shape index (κ1) is 12.0. The molecule has 1 fully saturated rings. The zero-order valence-corrected chi connectivity index (χ0v) is 11.5. The number of nitrogens with one attached hydrogen (secondary N) is 1. The van der Waals surface area contributed by atoms with Crippen LogP contribution in [0.3, 0.4) is 0 Å². The first-order valence-corrected chi connectivity index (χ1v) is 8.05. The molecule has 0 aliphatic carbocycles. The van der Waals surface area contributed by atoms with Gasteiger partial charge in [0, 0.05) is 41.4 Å². The minimum absolute atomic E-state index is 0.508. The van der Waals surface area contributed by atoms with Gasteiger partial charge in [0.1, 0.15) is 5.82 Å². The first-order chi connectivity index (χ1) is 8.83. The highest BCUT2D eigenvalue weighted by Crippen LogP contribution is 2.24. The van der Waals surface area contributed by atoms with Crippen molar-refractivity contribution in [2.24, 2.45) is 0 Å². The molecule has 1 aliphatic rings. The van der Waals surface area contributed by atoms with Crippen LogP contribution in [0, 0.1) is 0 Å². The van der Waals surface area contributed by atoms with E-state index in [9.17, 15) is 0 Å². The fourth-order valence-corrected chi connectivity index (χ4v) is 4.55. The van der Waals surface area contributed by atoms with Crippen LogP contribution in [0.5, 0.6) is 0 Å². The second kappa shape index (κ2) is 5.27. The van der Waals surface area contributed by atoms with Gasteiger partial charge >= 0.3 is 0 Å². The van der Waals surface area contributed by atoms with E-state index < -0.39 is 0 Å². The number of aromatic nitrogens is 3. The third-order valence-electron chi connectivity index (χ3n) is 2.77. The maximum Gasteiger partial charge on any atom is 0.180 e. The van der Waals surface area contributed by atoms with Gasteiger partial charge in [-0.1, -0.05) is 0 Å². The zero-order valence-electron chi connectivity index (χ0n) is 9.87. The molecule has 18 heavy (non-hydrogen) atoms. The molecular weight excluding hydrogens is 266 g/mol. The summed E-state index contributed by atoms with van der Waals surface area (Å²) in [5, 5.41) is 4.02. The molecule has 2 aromatic heterocycles. The van der Waals surface area contributed by atoms with E-state index in [1.54, 1.807) is 12.4 Å². The standard InChI is InChI=1S/C11H15N5S2/c12-9-6-16-2-1-13-11(16)10(15-9)14-5-8-7-17-3-4-18-8/h1-2,6,8H,3-5,7,12H2,(H,14,15). The summed E-state index contributed by atoms with van der Waals surface area (Å²) in [4.78, 5) is 8.62. The van der Waals surface area contributed by atoms with E-state index in [0.717, 1.165) is 18.0 Å². The predicted molar refractivity (Wildman–Crippen MR) is 79.5 cm³/mol. The molecule has 1 aliphatic heterocycles. The monoisotopic (exact) mass is 281 g/mol. The maximum atomic E-state index is 5.78. The molecule has 1 saturated heterocycles. The highest BCUT2D eigenvalue weighted by Gasteiger charge is 2.15. The average molecular weight is 281 g/mol. The highest BCUT2D eigenvalue weighted by atomic mass is 32.2. The number of nitrogen functional groups attached to an aromatic ring is 1. The summed E-state index contributed by atoms with van der Waals surface area (Å²) < 4.78 is 1.90. The Morgan fingerprint density at radius 1 is 1.50 bits per heavy atom. The molecule has 3 rings (SSSR count). The minimum Gasteiger partial charge on any atom is -0.382 e. The van der Waals surface area contributed by atoms with Gasteiger partial charge in [0.05, 0.1) is 6.20 Å². The van der Waals surface area contributed by atoms with Crippen molar-refractivity contribution >= 4 is 40.8 Å². The number of hydrogen-bond acceptors (Lipinski definition) is 6. The second-order valence-corrected chi connectivity index (χ2v) is 6.68. The molecule has 1 atom stereocenters. The second-order valence-electron chi connectivity index (χ2n) is 4.12. The summed E-state index contributed by atoms with van der Waals surface area (Å²) >= 11 is 4.04. The topological polar surface area (TPSA) is 68.2 Å². The Morgan fingerprint density at radius 3 is 3.28 bits per heavy atom. The van der Waals surface area contributed by atoms with Gasteiger partial charge in [-0.2, -0.15) is 23.5 Å². The lowest BCUT2D eigenvalue weighted by Gasteiger charge is -2.21. The van der Waals surface area contributed by atoms with Crippen LogP contribution < -0.4 is 11.1 Å². The molecule has 0 bridgehead atoms. The number of nitrogens with zero attached hydrogens (tertiary/aromatic N) is 3.